The highest BCUT2D eigenvalue weighted by atomic mass is 16.5. The van der Waals surface area contributed by atoms with Gasteiger partial charge in [0.1, 0.15) is 0 Å². The molecule has 2 aromatic rings. The Morgan fingerprint density at radius 2 is 1.11 bits per heavy atom. The maximum Gasteiger partial charge on any atom is 0.0721 e. The molecule has 0 radical (unpaired) electrons. The van der Waals surface area contributed by atoms with E-state index in [1.807, 2.05) is 0 Å². The molecule has 100 valence electrons. The van der Waals surface area contributed by atoms with E-state index in [1.165, 1.54) is 22.3 Å². The van der Waals surface area contributed by atoms with Gasteiger partial charge in [0.15, 0.2) is 0 Å². The third-order valence-corrected chi connectivity index (χ3v) is 3.34. The lowest BCUT2D eigenvalue weighted by molar-refractivity contribution is 0.107. The van der Waals surface area contributed by atoms with E-state index in [-0.39, 0.29) is 0 Å². The second-order valence-corrected chi connectivity index (χ2v) is 4.84. The predicted molar refractivity (Wildman–Crippen MR) is 80.1 cm³/mol. The summed E-state index contributed by atoms with van der Waals surface area (Å²) in [5, 5.41) is 0. The Labute approximate surface area is 116 Å². The van der Waals surface area contributed by atoms with E-state index in [0.717, 1.165) is 12.8 Å². The minimum atomic E-state index is 0.685. The third-order valence-electron chi connectivity index (χ3n) is 3.34. The molecule has 0 amide bonds. The summed E-state index contributed by atoms with van der Waals surface area (Å²) in [7, 11) is 0. The number of aryl methyl sites for hydroxylation is 2. The monoisotopic (exact) mass is 254 g/mol. The second kappa shape index (κ2) is 7.10. The van der Waals surface area contributed by atoms with Crippen LogP contribution < -0.4 is 0 Å². The fourth-order valence-corrected chi connectivity index (χ4v) is 2.17. The lowest BCUT2D eigenvalue weighted by Gasteiger charge is -2.07. The molecular weight excluding hydrogens is 232 g/mol. The molecule has 0 aliphatic carbocycles. The standard InChI is InChI=1S/C18H22O/c1-3-15-7-5-9-17(11-15)13-19-14-18-10-6-8-16(4-2)12-18/h5-12H,3-4,13-14H2,1-2H3. The average Bonchev–Trinajstić information content (AvgIpc) is 2.48. The van der Waals surface area contributed by atoms with E-state index >= 15 is 0 Å². The number of rotatable bonds is 6. The van der Waals surface area contributed by atoms with Crippen molar-refractivity contribution >= 4 is 0 Å². The van der Waals surface area contributed by atoms with E-state index in [1.54, 1.807) is 0 Å². The van der Waals surface area contributed by atoms with Gasteiger partial charge in [-0.15, -0.1) is 0 Å². The van der Waals surface area contributed by atoms with Gasteiger partial charge in [-0.3, -0.25) is 0 Å². The maximum atomic E-state index is 5.80. The van der Waals surface area contributed by atoms with Gasteiger partial charge in [-0.1, -0.05) is 62.4 Å². The van der Waals surface area contributed by atoms with E-state index in [4.69, 9.17) is 4.74 Å². The lowest BCUT2D eigenvalue weighted by Crippen LogP contribution is -1.95. The van der Waals surface area contributed by atoms with Gasteiger partial charge in [-0.2, -0.15) is 0 Å². The highest BCUT2D eigenvalue weighted by Crippen LogP contribution is 2.11. The molecule has 0 unspecified atom stereocenters. The minimum Gasteiger partial charge on any atom is -0.372 e. The number of hydrogen-bond acceptors (Lipinski definition) is 1. The summed E-state index contributed by atoms with van der Waals surface area (Å²) in [4.78, 5) is 0. The van der Waals surface area contributed by atoms with E-state index in [2.05, 4.69) is 62.4 Å². The van der Waals surface area contributed by atoms with Crippen molar-refractivity contribution in [1.29, 1.82) is 0 Å². The summed E-state index contributed by atoms with van der Waals surface area (Å²) in [6.45, 7) is 5.72. The first kappa shape index (κ1) is 13.8. The molecule has 0 fully saturated rings. The van der Waals surface area contributed by atoms with Crippen LogP contribution in [0.3, 0.4) is 0 Å². The van der Waals surface area contributed by atoms with Gasteiger partial charge in [-0.05, 0) is 35.1 Å². The molecule has 0 atom stereocenters. The molecule has 1 heteroatoms. The van der Waals surface area contributed by atoms with Crippen LogP contribution >= 0.6 is 0 Å². The Morgan fingerprint density at radius 3 is 1.53 bits per heavy atom. The van der Waals surface area contributed by atoms with Crippen molar-refractivity contribution in [2.45, 2.75) is 39.9 Å². The summed E-state index contributed by atoms with van der Waals surface area (Å²) in [6.07, 6.45) is 2.15. The Balaban J connectivity index is 1.88. The summed E-state index contributed by atoms with van der Waals surface area (Å²) in [6, 6.07) is 17.2. The molecule has 0 aromatic heterocycles. The molecule has 0 heterocycles. The quantitative estimate of drug-likeness (QED) is 0.736. The first-order valence-electron chi connectivity index (χ1n) is 7.05. The van der Waals surface area contributed by atoms with Crippen molar-refractivity contribution in [3.05, 3.63) is 70.8 Å². The van der Waals surface area contributed by atoms with Crippen molar-refractivity contribution in [3.8, 4) is 0 Å². The SMILES string of the molecule is CCc1cccc(COCc2cccc(CC)c2)c1. The number of benzene rings is 2. The smallest absolute Gasteiger partial charge is 0.0721 e. The summed E-state index contributed by atoms with van der Waals surface area (Å²) >= 11 is 0. The van der Waals surface area contributed by atoms with Crippen molar-refractivity contribution < 1.29 is 4.74 Å². The minimum absolute atomic E-state index is 0.685. The van der Waals surface area contributed by atoms with Gasteiger partial charge in [0, 0.05) is 0 Å². The van der Waals surface area contributed by atoms with Crippen LogP contribution in [0.15, 0.2) is 48.5 Å². The van der Waals surface area contributed by atoms with Crippen molar-refractivity contribution in [2.24, 2.45) is 0 Å². The summed E-state index contributed by atoms with van der Waals surface area (Å²) < 4.78 is 5.80. The largest absolute Gasteiger partial charge is 0.372 e. The molecule has 0 bridgehead atoms. The highest BCUT2D eigenvalue weighted by molar-refractivity contribution is 5.24. The molecule has 0 saturated heterocycles. The Morgan fingerprint density at radius 1 is 0.684 bits per heavy atom. The zero-order valence-electron chi connectivity index (χ0n) is 11.9. The normalized spacial score (nSPS) is 10.6. The van der Waals surface area contributed by atoms with Crippen molar-refractivity contribution in [2.75, 3.05) is 0 Å². The van der Waals surface area contributed by atoms with Crippen LogP contribution in [0.2, 0.25) is 0 Å². The summed E-state index contributed by atoms with van der Waals surface area (Å²) in [5.74, 6) is 0. The highest BCUT2D eigenvalue weighted by Gasteiger charge is 1.98. The topological polar surface area (TPSA) is 9.23 Å². The first-order chi connectivity index (χ1) is 9.31. The van der Waals surface area contributed by atoms with Gasteiger partial charge in [-0.25, -0.2) is 0 Å². The molecule has 19 heavy (non-hydrogen) atoms. The molecule has 2 rings (SSSR count). The van der Waals surface area contributed by atoms with Gasteiger partial charge in [0.2, 0.25) is 0 Å². The summed E-state index contributed by atoms with van der Waals surface area (Å²) in [5.41, 5.74) is 5.25. The molecule has 2 aromatic carbocycles. The Kier molecular flexibility index (Phi) is 5.17. The molecule has 1 nitrogen and oxygen atoms in total. The second-order valence-electron chi connectivity index (χ2n) is 4.84. The number of hydrogen-bond donors (Lipinski definition) is 0. The molecule has 0 aliphatic heterocycles. The van der Waals surface area contributed by atoms with E-state index in [9.17, 15) is 0 Å². The third kappa shape index (κ3) is 4.22. The van der Waals surface area contributed by atoms with Crippen LogP contribution in [0.1, 0.15) is 36.1 Å². The molecule has 0 aliphatic rings. The van der Waals surface area contributed by atoms with Crippen LogP contribution in [0.4, 0.5) is 0 Å². The lowest BCUT2D eigenvalue weighted by atomic mass is 10.1. The van der Waals surface area contributed by atoms with Crippen molar-refractivity contribution in [1.82, 2.24) is 0 Å². The van der Waals surface area contributed by atoms with Gasteiger partial charge in [0.25, 0.3) is 0 Å². The maximum absolute atomic E-state index is 5.80. The Hall–Kier alpha value is -1.60. The van der Waals surface area contributed by atoms with Crippen LogP contribution in [-0.4, -0.2) is 0 Å². The van der Waals surface area contributed by atoms with Gasteiger partial charge < -0.3 is 4.74 Å². The molecule has 0 spiro atoms. The molecular formula is C18H22O. The zero-order chi connectivity index (χ0) is 13.5. The predicted octanol–water partition coefficient (Wildman–Crippen LogP) is 4.53. The van der Waals surface area contributed by atoms with Gasteiger partial charge in [0.05, 0.1) is 13.2 Å². The van der Waals surface area contributed by atoms with Crippen LogP contribution in [0, 0.1) is 0 Å². The van der Waals surface area contributed by atoms with E-state index < -0.39 is 0 Å². The van der Waals surface area contributed by atoms with E-state index in [0.29, 0.717) is 13.2 Å². The van der Waals surface area contributed by atoms with Crippen LogP contribution in [0.25, 0.3) is 0 Å². The Bertz CT molecular complexity index is 469. The molecule has 0 saturated carbocycles. The van der Waals surface area contributed by atoms with Crippen LogP contribution in [0.5, 0.6) is 0 Å². The fraction of sp³-hybridized carbons (Fsp3) is 0.333. The van der Waals surface area contributed by atoms with Crippen molar-refractivity contribution in [3.63, 3.8) is 0 Å². The van der Waals surface area contributed by atoms with Gasteiger partial charge >= 0.3 is 0 Å². The van der Waals surface area contributed by atoms with Crippen LogP contribution in [-0.2, 0) is 30.8 Å². The zero-order valence-corrected chi connectivity index (χ0v) is 11.9. The molecule has 0 N–H and O–H groups in total. The number of ether oxygens (including phenoxy) is 1. The average molecular weight is 254 g/mol. The first-order valence-corrected chi connectivity index (χ1v) is 7.05. The fourth-order valence-electron chi connectivity index (χ4n) is 2.17.